The molecule has 0 aliphatic heterocycles. The molecular formula is C15H20FNO4. The molecule has 116 valence electrons. The van der Waals surface area contributed by atoms with Gasteiger partial charge in [-0.2, -0.15) is 0 Å². The maximum atomic E-state index is 12.8. The van der Waals surface area contributed by atoms with Crippen LogP contribution in [-0.2, 0) is 9.59 Å². The first-order valence-electron chi connectivity index (χ1n) is 6.51. The molecule has 1 aromatic carbocycles. The molecule has 0 bridgehead atoms. The molecule has 1 aromatic rings. The summed E-state index contributed by atoms with van der Waals surface area (Å²) in [6, 6.07) is 5.31. The van der Waals surface area contributed by atoms with E-state index in [-0.39, 0.29) is 6.42 Å². The summed E-state index contributed by atoms with van der Waals surface area (Å²) in [6.45, 7) is 6.35. The van der Waals surface area contributed by atoms with Gasteiger partial charge in [0.1, 0.15) is 11.6 Å². The van der Waals surface area contributed by atoms with Crippen molar-refractivity contribution in [2.45, 2.75) is 45.3 Å². The normalized spacial score (nSPS) is 11.9. The van der Waals surface area contributed by atoms with Gasteiger partial charge in [-0.3, -0.25) is 9.59 Å². The summed E-state index contributed by atoms with van der Waals surface area (Å²) in [6.07, 6.45) is -0.203. The van der Waals surface area contributed by atoms with Gasteiger partial charge in [0.05, 0.1) is 6.42 Å². The molecule has 5 nitrogen and oxygen atoms in total. The van der Waals surface area contributed by atoms with Gasteiger partial charge in [0.2, 0.25) is 0 Å². The van der Waals surface area contributed by atoms with E-state index >= 15 is 0 Å². The van der Waals surface area contributed by atoms with Crippen LogP contribution in [0, 0.1) is 5.82 Å². The number of aliphatic carboxylic acids is 1. The fourth-order valence-electron chi connectivity index (χ4n) is 1.72. The molecule has 0 aliphatic rings. The molecule has 0 saturated carbocycles. The fourth-order valence-corrected chi connectivity index (χ4v) is 1.72. The highest BCUT2D eigenvalue weighted by atomic mass is 19.1. The summed E-state index contributed by atoms with van der Waals surface area (Å²) in [7, 11) is 0. The summed E-state index contributed by atoms with van der Waals surface area (Å²) in [5, 5.41) is 11.4. The number of carboxylic acids is 1. The summed E-state index contributed by atoms with van der Waals surface area (Å²) < 4.78 is 18.4. The number of hydrogen-bond donors (Lipinski definition) is 2. The highest BCUT2D eigenvalue weighted by molar-refractivity contribution is 5.85. The second kappa shape index (κ2) is 6.11. The lowest BCUT2D eigenvalue weighted by atomic mass is 9.98. The number of benzene rings is 1. The molecule has 0 atom stereocenters. The number of carboxylic acid groups (broad SMARTS) is 1. The molecule has 0 fully saturated rings. The zero-order valence-electron chi connectivity index (χ0n) is 12.6. The van der Waals surface area contributed by atoms with Crippen LogP contribution < -0.4 is 10.1 Å². The minimum atomic E-state index is -1.21. The molecule has 1 amide bonds. The van der Waals surface area contributed by atoms with Gasteiger partial charge in [0, 0.05) is 5.54 Å². The fraction of sp³-hybridized carbons (Fsp3) is 0.467. The second-order valence-corrected chi connectivity index (χ2v) is 5.97. The van der Waals surface area contributed by atoms with Crippen LogP contribution in [-0.4, -0.2) is 28.1 Å². The number of hydrogen-bond acceptors (Lipinski definition) is 3. The average Bonchev–Trinajstić information content (AvgIpc) is 2.29. The highest BCUT2D eigenvalue weighted by Gasteiger charge is 2.34. The molecule has 1 rings (SSSR count). The van der Waals surface area contributed by atoms with Gasteiger partial charge >= 0.3 is 5.97 Å². The maximum Gasteiger partial charge on any atom is 0.305 e. The van der Waals surface area contributed by atoms with E-state index in [2.05, 4.69) is 5.32 Å². The van der Waals surface area contributed by atoms with Gasteiger partial charge in [-0.25, -0.2) is 4.39 Å². The van der Waals surface area contributed by atoms with E-state index in [0.717, 1.165) is 0 Å². The minimum absolute atomic E-state index is 0.203. The summed E-state index contributed by atoms with van der Waals surface area (Å²) in [5.41, 5.74) is -2.11. The molecule has 21 heavy (non-hydrogen) atoms. The number of ether oxygens (including phenoxy) is 1. The molecule has 0 saturated heterocycles. The van der Waals surface area contributed by atoms with Gasteiger partial charge in [-0.1, -0.05) is 0 Å². The second-order valence-electron chi connectivity index (χ2n) is 5.97. The average molecular weight is 297 g/mol. The van der Waals surface area contributed by atoms with Crippen molar-refractivity contribution in [2.75, 3.05) is 0 Å². The van der Waals surface area contributed by atoms with Crippen LogP contribution in [0.1, 0.15) is 34.1 Å². The summed E-state index contributed by atoms with van der Waals surface area (Å²) in [5.74, 6) is -1.49. The molecular weight excluding hydrogens is 277 g/mol. The van der Waals surface area contributed by atoms with E-state index in [1.165, 1.54) is 24.3 Å². The molecule has 0 radical (unpaired) electrons. The largest absolute Gasteiger partial charge is 0.481 e. The molecule has 0 heterocycles. The van der Waals surface area contributed by atoms with E-state index in [9.17, 15) is 14.0 Å². The summed E-state index contributed by atoms with van der Waals surface area (Å²) in [4.78, 5) is 23.0. The Morgan fingerprint density at radius 2 is 1.71 bits per heavy atom. The van der Waals surface area contributed by atoms with Crippen LogP contribution in [0.25, 0.3) is 0 Å². The zero-order valence-corrected chi connectivity index (χ0v) is 12.6. The highest BCUT2D eigenvalue weighted by Crippen LogP contribution is 2.20. The molecule has 0 aliphatic carbocycles. The van der Waals surface area contributed by atoms with Crippen LogP contribution >= 0.6 is 0 Å². The Balaban J connectivity index is 2.75. The molecule has 0 spiro atoms. The molecule has 0 aromatic heterocycles. The predicted octanol–water partition coefficient (Wildman–Crippen LogP) is 2.35. The van der Waals surface area contributed by atoms with Gasteiger partial charge in [0.25, 0.3) is 5.91 Å². The minimum Gasteiger partial charge on any atom is -0.481 e. The molecule has 2 N–H and O–H groups in total. The first-order valence-corrected chi connectivity index (χ1v) is 6.51. The third-order valence-corrected chi connectivity index (χ3v) is 2.78. The zero-order chi connectivity index (χ0) is 16.3. The van der Waals surface area contributed by atoms with Crippen molar-refractivity contribution < 1.29 is 23.8 Å². The van der Waals surface area contributed by atoms with E-state index in [4.69, 9.17) is 9.84 Å². The van der Waals surface area contributed by atoms with Gasteiger partial charge < -0.3 is 15.2 Å². The van der Waals surface area contributed by atoms with Crippen molar-refractivity contribution >= 4 is 11.9 Å². The van der Waals surface area contributed by atoms with Crippen molar-refractivity contribution in [3.05, 3.63) is 30.1 Å². The Labute approximate surface area is 123 Å². The number of nitrogens with one attached hydrogen (secondary N) is 1. The van der Waals surface area contributed by atoms with Crippen LogP contribution in [0.5, 0.6) is 5.75 Å². The number of amides is 1. The van der Waals surface area contributed by atoms with Crippen molar-refractivity contribution in [3.8, 4) is 5.75 Å². The standard InChI is InChI=1S/C15H20FNO4/c1-14(2,9-12(18)19)17-13(20)15(3,4)21-11-7-5-10(16)6-8-11/h5-8H,9H2,1-4H3,(H,17,20)(H,18,19). The predicted molar refractivity (Wildman–Crippen MR) is 75.6 cm³/mol. The Morgan fingerprint density at radius 1 is 1.19 bits per heavy atom. The lowest BCUT2D eigenvalue weighted by Crippen LogP contribution is -2.54. The van der Waals surface area contributed by atoms with Crippen LogP contribution in [0.4, 0.5) is 4.39 Å². The number of rotatable bonds is 6. The first kappa shape index (κ1) is 16.9. The SMILES string of the molecule is CC(C)(CC(=O)O)NC(=O)C(C)(C)Oc1ccc(F)cc1. The summed E-state index contributed by atoms with van der Waals surface area (Å²) >= 11 is 0. The Kier molecular flexibility index (Phi) is 4.93. The van der Waals surface area contributed by atoms with E-state index in [0.29, 0.717) is 5.75 Å². The van der Waals surface area contributed by atoms with E-state index in [1.807, 2.05) is 0 Å². The van der Waals surface area contributed by atoms with E-state index in [1.54, 1.807) is 27.7 Å². The van der Waals surface area contributed by atoms with Gasteiger partial charge in [-0.05, 0) is 52.0 Å². The first-order chi connectivity index (χ1) is 9.52. The maximum absolute atomic E-state index is 12.8. The van der Waals surface area contributed by atoms with Crippen molar-refractivity contribution in [1.82, 2.24) is 5.32 Å². The lowest BCUT2D eigenvalue weighted by Gasteiger charge is -2.31. The topological polar surface area (TPSA) is 75.6 Å². The van der Waals surface area contributed by atoms with Crippen molar-refractivity contribution in [2.24, 2.45) is 0 Å². The monoisotopic (exact) mass is 297 g/mol. The van der Waals surface area contributed by atoms with Crippen molar-refractivity contribution in [3.63, 3.8) is 0 Å². The quantitative estimate of drug-likeness (QED) is 0.845. The third-order valence-electron chi connectivity index (χ3n) is 2.78. The van der Waals surface area contributed by atoms with Gasteiger partial charge in [0.15, 0.2) is 5.60 Å². The smallest absolute Gasteiger partial charge is 0.305 e. The Bertz CT molecular complexity index is 523. The van der Waals surface area contributed by atoms with Crippen LogP contribution in [0.15, 0.2) is 24.3 Å². The third kappa shape index (κ3) is 5.41. The number of halogens is 1. The Morgan fingerprint density at radius 3 is 2.19 bits per heavy atom. The van der Waals surface area contributed by atoms with Crippen molar-refractivity contribution in [1.29, 1.82) is 0 Å². The molecule has 0 unspecified atom stereocenters. The molecule has 6 heteroatoms. The number of carbonyl (C=O) groups is 2. The Hall–Kier alpha value is -2.11. The number of carbonyl (C=O) groups excluding carboxylic acids is 1. The van der Waals surface area contributed by atoms with E-state index < -0.39 is 28.8 Å². The van der Waals surface area contributed by atoms with Crippen LogP contribution in [0.3, 0.4) is 0 Å². The van der Waals surface area contributed by atoms with Gasteiger partial charge in [-0.15, -0.1) is 0 Å². The lowest BCUT2D eigenvalue weighted by molar-refractivity contribution is -0.140. The van der Waals surface area contributed by atoms with Crippen LogP contribution in [0.2, 0.25) is 0 Å².